The Labute approximate surface area is 130 Å². The van der Waals surface area contributed by atoms with E-state index in [0.717, 1.165) is 29.7 Å². The van der Waals surface area contributed by atoms with Crippen molar-refractivity contribution in [3.05, 3.63) is 28.2 Å². The first-order valence-corrected chi connectivity index (χ1v) is 7.84. The summed E-state index contributed by atoms with van der Waals surface area (Å²) in [5.74, 6) is 0.0467. The summed E-state index contributed by atoms with van der Waals surface area (Å²) in [7, 11) is 1.95. The molecule has 112 valence electrons. The summed E-state index contributed by atoms with van der Waals surface area (Å²) in [6.45, 7) is 6.91. The Morgan fingerprint density at radius 2 is 2.10 bits per heavy atom. The molecule has 0 unspecified atom stereocenters. The highest BCUT2D eigenvalue weighted by Gasteiger charge is 2.11. The molecule has 0 fully saturated rings. The Bertz CT molecular complexity index is 437. The largest absolute Gasteiger partial charge is 0.365 e. The molecule has 0 bridgehead atoms. The van der Waals surface area contributed by atoms with Crippen molar-refractivity contribution >= 4 is 27.5 Å². The lowest BCUT2D eigenvalue weighted by Gasteiger charge is -2.22. The third-order valence-electron chi connectivity index (χ3n) is 2.95. The number of carbonyl (C=O) groups excluding carboxylic acids is 1. The van der Waals surface area contributed by atoms with E-state index in [9.17, 15) is 4.79 Å². The molecule has 0 aromatic heterocycles. The van der Waals surface area contributed by atoms with Gasteiger partial charge < -0.3 is 15.5 Å². The van der Waals surface area contributed by atoms with E-state index in [1.165, 1.54) is 5.56 Å². The van der Waals surface area contributed by atoms with Crippen LogP contribution in [-0.2, 0) is 11.3 Å². The maximum Gasteiger partial charge on any atom is 0.239 e. The van der Waals surface area contributed by atoms with Crippen LogP contribution in [0.25, 0.3) is 0 Å². The van der Waals surface area contributed by atoms with Crippen LogP contribution in [0.1, 0.15) is 25.8 Å². The first kappa shape index (κ1) is 17.0. The lowest BCUT2D eigenvalue weighted by Crippen LogP contribution is -2.35. The summed E-state index contributed by atoms with van der Waals surface area (Å²) in [4.78, 5) is 13.7. The number of rotatable bonds is 8. The number of hydrogen-bond donors (Lipinski definition) is 2. The minimum Gasteiger partial charge on any atom is -0.365 e. The predicted octanol–water partition coefficient (Wildman–Crippen LogP) is 2.52. The topological polar surface area (TPSA) is 44.4 Å². The van der Waals surface area contributed by atoms with Crippen molar-refractivity contribution in [2.75, 3.05) is 31.6 Å². The molecule has 2 N–H and O–H groups in total. The van der Waals surface area contributed by atoms with Crippen LogP contribution in [0, 0.1) is 0 Å². The number of anilines is 1. The minimum absolute atomic E-state index is 0.0467. The van der Waals surface area contributed by atoms with Crippen LogP contribution in [0.15, 0.2) is 22.7 Å². The average Bonchev–Trinajstić information content (AvgIpc) is 2.39. The van der Waals surface area contributed by atoms with Crippen LogP contribution in [0.4, 0.5) is 5.69 Å². The quantitative estimate of drug-likeness (QED) is 0.714. The monoisotopic (exact) mass is 341 g/mol. The molecule has 0 saturated heterocycles. The number of nitrogens with one attached hydrogen (secondary N) is 2. The highest BCUT2D eigenvalue weighted by molar-refractivity contribution is 9.10. The van der Waals surface area contributed by atoms with Crippen molar-refractivity contribution in [3.8, 4) is 0 Å². The fourth-order valence-corrected chi connectivity index (χ4v) is 2.43. The second-order valence-electron chi connectivity index (χ2n) is 4.76. The van der Waals surface area contributed by atoms with Gasteiger partial charge >= 0.3 is 0 Å². The number of benzene rings is 1. The van der Waals surface area contributed by atoms with Crippen LogP contribution < -0.4 is 15.5 Å². The van der Waals surface area contributed by atoms with E-state index in [1.54, 1.807) is 0 Å². The molecule has 0 spiro atoms. The summed E-state index contributed by atoms with van der Waals surface area (Å²) < 4.78 is 1.06. The average molecular weight is 342 g/mol. The molecule has 0 aliphatic rings. The van der Waals surface area contributed by atoms with Crippen LogP contribution in [0.3, 0.4) is 0 Å². The van der Waals surface area contributed by atoms with E-state index >= 15 is 0 Å². The molecule has 0 aliphatic heterocycles. The van der Waals surface area contributed by atoms with Crippen LogP contribution in [-0.4, -0.2) is 32.6 Å². The zero-order chi connectivity index (χ0) is 15.0. The van der Waals surface area contributed by atoms with Gasteiger partial charge in [-0.3, -0.25) is 4.79 Å². The molecule has 0 atom stereocenters. The molecule has 1 rings (SSSR count). The number of hydrogen-bond acceptors (Lipinski definition) is 3. The predicted molar refractivity (Wildman–Crippen MR) is 88.1 cm³/mol. The fourth-order valence-electron chi connectivity index (χ4n) is 2.02. The van der Waals surface area contributed by atoms with E-state index in [0.29, 0.717) is 13.1 Å². The lowest BCUT2D eigenvalue weighted by atomic mass is 10.1. The van der Waals surface area contributed by atoms with E-state index in [2.05, 4.69) is 39.6 Å². The lowest BCUT2D eigenvalue weighted by molar-refractivity contribution is -0.119. The van der Waals surface area contributed by atoms with Crippen molar-refractivity contribution in [2.24, 2.45) is 0 Å². The molecule has 0 saturated carbocycles. The number of amides is 1. The van der Waals surface area contributed by atoms with Crippen LogP contribution in [0.5, 0.6) is 0 Å². The maximum absolute atomic E-state index is 11.7. The number of likely N-dealkylation sites (N-methyl/N-ethyl adjacent to an activating group) is 2. The third-order valence-corrected chi connectivity index (χ3v) is 3.44. The van der Waals surface area contributed by atoms with Gasteiger partial charge in [-0.25, -0.2) is 0 Å². The van der Waals surface area contributed by atoms with Crippen molar-refractivity contribution in [1.29, 1.82) is 0 Å². The molecular formula is C15H24BrN3O. The highest BCUT2D eigenvalue weighted by atomic mass is 79.9. The number of carbonyl (C=O) groups is 1. The second-order valence-corrected chi connectivity index (χ2v) is 5.68. The molecule has 1 aromatic rings. The van der Waals surface area contributed by atoms with Gasteiger partial charge in [0.1, 0.15) is 0 Å². The standard InChI is InChI=1S/C15H24BrN3O/c1-4-8-17-10-12-9-13(16)6-7-14(12)19(3)11-15(20)18-5-2/h6-7,9,17H,4-5,8,10-11H2,1-3H3,(H,18,20). The first-order valence-electron chi connectivity index (χ1n) is 7.05. The van der Waals surface area contributed by atoms with Gasteiger partial charge in [-0.15, -0.1) is 0 Å². The Morgan fingerprint density at radius 1 is 1.35 bits per heavy atom. The van der Waals surface area contributed by atoms with E-state index in [1.807, 2.05) is 31.0 Å². The minimum atomic E-state index is 0.0467. The molecule has 4 nitrogen and oxygen atoms in total. The van der Waals surface area contributed by atoms with Crippen LogP contribution >= 0.6 is 15.9 Å². The van der Waals surface area contributed by atoms with E-state index in [4.69, 9.17) is 0 Å². The molecule has 0 aliphatic carbocycles. The zero-order valence-electron chi connectivity index (χ0n) is 12.5. The van der Waals surface area contributed by atoms with Crippen molar-refractivity contribution in [1.82, 2.24) is 10.6 Å². The number of halogens is 1. The molecule has 1 aromatic carbocycles. The van der Waals surface area contributed by atoms with Gasteiger partial charge in [0.05, 0.1) is 6.54 Å². The summed E-state index contributed by atoms with van der Waals surface area (Å²) in [6, 6.07) is 6.16. The second kappa shape index (κ2) is 8.97. The molecule has 20 heavy (non-hydrogen) atoms. The molecule has 0 radical (unpaired) electrons. The Kier molecular flexibility index (Phi) is 7.62. The third kappa shape index (κ3) is 5.51. The SMILES string of the molecule is CCCNCc1cc(Br)ccc1N(C)CC(=O)NCC. The van der Waals surface area contributed by atoms with E-state index < -0.39 is 0 Å². The van der Waals surface area contributed by atoms with Gasteiger partial charge in [-0.1, -0.05) is 22.9 Å². The number of nitrogens with zero attached hydrogens (tertiary/aromatic N) is 1. The van der Waals surface area contributed by atoms with Gasteiger partial charge in [0.15, 0.2) is 0 Å². The Morgan fingerprint density at radius 3 is 2.75 bits per heavy atom. The van der Waals surface area contributed by atoms with Gasteiger partial charge in [-0.2, -0.15) is 0 Å². The highest BCUT2D eigenvalue weighted by Crippen LogP contribution is 2.23. The smallest absolute Gasteiger partial charge is 0.239 e. The summed E-state index contributed by atoms with van der Waals surface area (Å²) in [5.41, 5.74) is 2.28. The zero-order valence-corrected chi connectivity index (χ0v) is 14.1. The van der Waals surface area contributed by atoms with Crippen molar-refractivity contribution < 1.29 is 4.79 Å². The molecule has 1 amide bonds. The molecular weight excluding hydrogens is 318 g/mol. The summed E-state index contributed by atoms with van der Waals surface area (Å²) in [6.07, 6.45) is 1.11. The van der Waals surface area contributed by atoms with E-state index in [-0.39, 0.29) is 5.91 Å². The normalized spacial score (nSPS) is 10.4. The first-order chi connectivity index (χ1) is 9.58. The summed E-state index contributed by atoms with van der Waals surface area (Å²) >= 11 is 3.50. The maximum atomic E-state index is 11.7. The molecule has 5 heteroatoms. The summed E-state index contributed by atoms with van der Waals surface area (Å²) in [5, 5.41) is 6.23. The van der Waals surface area contributed by atoms with Gasteiger partial charge in [-0.05, 0) is 43.7 Å². The molecule has 0 heterocycles. The van der Waals surface area contributed by atoms with Gasteiger partial charge in [0.25, 0.3) is 0 Å². The fraction of sp³-hybridized carbons (Fsp3) is 0.533. The van der Waals surface area contributed by atoms with Gasteiger partial charge in [0, 0.05) is 30.3 Å². The van der Waals surface area contributed by atoms with Crippen molar-refractivity contribution in [3.63, 3.8) is 0 Å². The van der Waals surface area contributed by atoms with Crippen molar-refractivity contribution in [2.45, 2.75) is 26.8 Å². The van der Waals surface area contributed by atoms with Gasteiger partial charge in [0.2, 0.25) is 5.91 Å². The van der Waals surface area contributed by atoms with Crippen LogP contribution in [0.2, 0.25) is 0 Å². The Balaban J connectivity index is 2.78. The Hall–Kier alpha value is -1.07.